The van der Waals surface area contributed by atoms with E-state index in [-0.39, 0.29) is 16.7 Å². The molecule has 1 heterocycles. The van der Waals surface area contributed by atoms with Crippen LogP contribution in [0.1, 0.15) is 12.0 Å². The first kappa shape index (κ1) is 10.8. The van der Waals surface area contributed by atoms with Crippen molar-refractivity contribution in [3.63, 3.8) is 0 Å². The van der Waals surface area contributed by atoms with Gasteiger partial charge in [0, 0.05) is 0 Å². The van der Waals surface area contributed by atoms with Crippen LogP contribution in [-0.2, 0) is 4.79 Å². The molecule has 0 aromatic carbocycles. The SMILES string of the molecule is O=C(O)CC#Cc1ccc(Cl)nc1Cl. The molecule has 1 aromatic rings. The van der Waals surface area contributed by atoms with E-state index in [1.165, 1.54) is 6.07 Å². The van der Waals surface area contributed by atoms with Gasteiger partial charge in [0.2, 0.25) is 0 Å². The summed E-state index contributed by atoms with van der Waals surface area (Å²) in [6.45, 7) is 0. The van der Waals surface area contributed by atoms with Crippen LogP contribution in [0.2, 0.25) is 10.3 Å². The standard InChI is InChI=1S/C9H5Cl2NO2/c10-7-5-4-6(9(11)12-7)2-1-3-8(13)14/h4-5H,3H2,(H,13,14). The lowest BCUT2D eigenvalue weighted by Gasteiger charge is -1.94. The molecule has 1 rings (SSSR count). The van der Waals surface area contributed by atoms with Crippen molar-refractivity contribution >= 4 is 29.2 Å². The largest absolute Gasteiger partial charge is 0.481 e. The molecular formula is C9H5Cl2NO2. The smallest absolute Gasteiger partial charge is 0.315 e. The van der Waals surface area contributed by atoms with Crippen LogP contribution in [0, 0.1) is 11.8 Å². The average molecular weight is 230 g/mol. The molecule has 1 aromatic heterocycles. The van der Waals surface area contributed by atoms with E-state index in [4.69, 9.17) is 28.3 Å². The summed E-state index contributed by atoms with van der Waals surface area (Å²) in [7, 11) is 0. The number of pyridine rings is 1. The Balaban J connectivity index is 2.85. The molecule has 14 heavy (non-hydrogen) atoms. The molecule has 0 saturated carbocycles. The van der Waals surface area contributed by atoms with E-state index in [9.17, 15) is 4.79 Å². The summed E-state index contributed by atoms with van der Waals surface area (Å²) in [5, 5.41) is 8.79. The first-order chi connectivity index (χ1) is 6.59. The van der Waals surface area contributed by atoms with Gasteiger partial charge in [-0.1, -0.05) is 35.0 Å². The molecule has 0 aliphatic rings. The fourth-order valence-corrected chi connectivity index (χ4v) is 1.11. The molecule has 1 N–H and O–H groups in total. The average Bonchev–Trinajstić information content (AvgIpc) is 2.08. The molecule has 0 spiro atoms. The van der Waals surface area contributed by atoms with Crippen LogP contribution < -0.4 is 0 Å². The first-order valence-corrected chi connectivity index (χ1v) is 4.38. The number of aromatic nitrogens is 1. The minimum absolute atomic E-state index is 0.176. The van der Waals surface area contributed by atoms with Crippen LogP contribution in [0.3, 0.4) is 0 Å². The highest BCUT2D eigenvalue weighted by Gasteiger charge is 1.98. The normalized spacial score (nSPS) is 9.00. The van der Waals surface area contributed by atoms with Gasteiger partial charge in [-0.2, -0.15) is 0 Å². The molecule has 5 heteroatoms. The molecule has 0 unspecified atom stereocenters. The van der Waals surface area contributed by atoms with Gasteiger partial charge in [0.25, 0.3) is 0 Å². The van der Waals surface area contributed by atoms with E-state index in [1.807, 2.05) is 0 Å². The van der Waals surface area contributed by atoms with Crippen molar-refractivity contribution in [2.24, 2.45) is 0 Å². The van der Waals surface area contributed by atoms with Crippen molar-refractivity contribution in [2.45, 2.75) is 6.42 Å². The molecule has 0 radical (unpaired) electrons. The number of halogens is 2. The summed E-state index contributed by atoms with van der Waals surface area (Å²) in [4.78, 5) is 13.9. The van der Waals surface area contributed by atoms with Crippen LogP contribution >= 0.6 is 23.2 Å². The summed E-state index contributed by atoms with van der Waals surface area (Å²) >= 11 is 11.3. The van der Waals surface area contributed by atoms with Crippen molar-refractivity contribution in [1.29, 1.82) is 0 Å². The number of hydrogen-bond donors (Lipinski definition) is 1. The van der Waals surface area contributed by atoms with Gasteiger partial charge in [-0.15, -0.1) is 0 Å². The molecule has 3 nitrogen and oxygen atoms in total. The monoisotopic (exact) mass is 229 g/mol. The number of carboxylic acid groups (broad SMARTS) is 1. The van der Waals surface area contributed by atoms with Crippen molar-refractivity contribution < 1.29 is 9.90 Å². The minimum atomic E-state index is -0.976. The zero-order chi connectivity index (χ0) is 10.6. The second-order valence-corrected chi connectivity index (χ2v) is 3.09. The van der Waals surface area contributed by atoms with Crippen LogP contribution in [0.5, 0.6) is 0 Å². The Morgan fingerprint density at radius 3 is 2.79 bits per heavy atom. The number of carbonyl (C=O) groups is 1. The molecule has 0 saturated heterocycles. The Labute approximate surface area is 90.7 Å². The zero-order valence-corrected chi connectivity index (χ0v) is 8.43. The maximum absolute atomic E-state index is 10.2. The van der Waals surface area contributed by atoms with Gasteiger partial charge in [-0.25, -0.2) is 4.98 Å². The van der Waals surface area contributed by atoms with Crippen molar-refractivity contribution in [2.75, 3.05) is 0 Å². The molecular weight excluding hydrogens is 225 g/mol. The van der Waals surface area contributed by atoms with E-state index < -0.39 is 5.97 Å². The van der Waals surface area contributed by atoms with Gasteiger partial charge in [0.1, 0.15) is 16.7 Å². The predicted molar refractivity (Wildman–Crippen MR) is 53.4 cm³/mol. The van der Waals surface area contributed by atoms with Crippen LogP contribution in [0.25, 0.3) is 0 Å². The summed E-state index contributed by atoms with van der Waals surface area (Å²) in [6.07, 6.45) is -0.223. The van der Waals surface area contributed by atoms with Gasteiger partial charge < -0.3 is 5.11 Å². The highest BCUT2D eigenvalue weighted by atomic mass is 35.5. The Morgan fingerprint density at radius 1 is 1.50 bits per heavy atom. The van der Waals surface area contributed by atoms with Gasteiger partial charge in [0.15, 0.2) is 0 Å². The van der Waals surface area contributed by atoms with Crippen molar-refractivity contribution in [3.05, 3.63) is 28.0 Å². The Morgan fingerprint density at radius 2 is 2.21 bits per heavy atom. The van der Waals surface area contributed by atoms with Gasteiger partial charge in [-0.3, -0.25) is 4.79 Å². The summed E-state index contributed by atoms with van der Waals surface area (Å²) in [5.41, 5.74) is 0.470. The Bertz CT molecular complexity index is 421. The van der Waals surface area contributed by atoms with Crippen LogP contribution in [0.15, 0.2) is 12.1 Å². The summed E-state index contributed by atoms with van der Waals surface area (Å²) in [5.74, 6) is 4.06. The number of nitrogens with zero attached hydrogens (tertiary/aromatic N) is 1. The summed E-state index contributed by atoms with van der Waals surface area (Å²) < 4.78 is 0. The molecule has 0 aliphatic carbocycles. The lowest BCUT2D eigenvalue weighted by Crippen LogP contribution is -1.90. The highest BCUT2D eigenvalue weighted by molar-refractivity contribution is 6.33. The lowest BCUT2D eigenvalue weighted by atomic mass is 10.3. The van der Waals surface area contributed by atoms with Gasteiger partial charge >= 0.3 is 5.97 Å². The van der Waals surface area contributed by atoms with Gasteiger partial charge in [0.05, 0.1) is 5.56 Å². The number of rotatable bonds is 1. The number of carboxylic acids is 1. The zero-order valence-electron chi connectivity index (χ0n) is 6.92. The molecule has 0 aliphatic heterocycles. The van der Waals surface area contributed by atoms with E-state index in [0.29, 0.717) is 5.56 Å². The first-order valence-electron chi connectivity index (χ1n) is 3.62. The lowest BCUT2D eigenvalue weighted by molar-refractivity contribution is -0.135. The summed E-state index contributed by atoms with van der Waals surface area (Å²) in [6, 6.07) is 3.13. The van der Waals surface area contributed by atoms with Crippen molar-refractivity contribution in [3.8, 4) is 11.8 Å². The Kier molecular flexibility index (Phi) is 3.75. The second kappa shape index (κ2) is 4.85. The quantitative estimate of drug-likeness (QED) is 0.594. The topological polar surface area (TPSA) is 50.2 Å². The van der Waals surface area contributed by atoms with E-state index >= 15 is 0 Å². The third kappa shape index (κ3) is 3.25. The maximum atomic E-state index is 10.2. The molecule has 72 valence electrons. The fraction of sp³-hybridized carbons (Fsp3) is 0.111. The third-order valence-electron chi connectivity index (χ3n) is 1.28. The maximum Gasteiger partial charge on any atom is 0.315 e. The molecule has 0 amide bonds. The molecule has 0 bridgehead atoms. The minimum Gasteiger partial charge on any atom is -0.481 e. The second-order valence-electron chi connectivity index (χ2n) is 2.34. The highest BCUT2D eigenvalue weighted by Crippen LogP contribution is 2.15. The van der Waals surface area contributed by atoms with Gasteiger partial charge in [-0.05, 0) is 12.1 Å². The Hall–Kier alpha value is -1.24. The number of aliphatic carboxylic acids is 1. The van der Waals surface area contributed by atoms with Crippen molar-refractivity contribution in [1.82, 2.24) is 4.98 Å². The predicted octanol–water partition coefficient (Wildman–Crippen LogP) is 2.21. The fourth-order valence-electron chi connectivity index (χ4n) is 0.720. The van der Waals surface area contributed by atoms with E-state index in [2.05, 4.69) is 16.8 Å². The van der Waals surface area contributed by atoms with Crippen LogP contribution in [0.4, 0.5) is 0 Å². The molecule has 0 fully saturated rings. The molecule has 0 atom stereocenters. The van der Waals surface area contributed by atoms with Crippen LogP contribution in [-0.4, -0.2) is 16.1 Å². The number of hydrogen-bond acceptors (Lipinski definition) is 2. The third-order valence-corrected chi connectivity index (χ3v) is 1.78. The van der Waals surface area contributed by atoms with E-state index in [0.717, 1.165) is 0 Å². The van der Waals surface area contributed by atoms with E-state index in [1.54, 1.807) is 6.07 Å².